The number of aryl methyl sites for hydroxylation is 1. The van der Waals surface area contributed by atoms with Gasteiger partial charge in [0.15, 0.2) is 5.03 Å². The second-order valence-electron chi connectivity index (χ2n) is 6.55. The fourth-order valence-electron chi connectivity index (χ4n) is 3.37. The lowest BCUT2D eigenvalue weighted by molar-refractivity contribution is -0.107. The molecule has 4 heterocycles. The third-order valence-electron chi connectivity index (χ3n) is 4.86. The van der Waals surface area contributed by atoms with E-state index in [-0.39, 0.29) is 10.9 Å². The summed E-state index contributed by atoms with van der Waals surface area (Å²) in [6.07, 6.45) is 7.22. The first-order valence-electron chi connectivity index (χ1n) is 8.14. The molecule has 2 aliphatic rings. The normalized spacial score (nSPS) is 22.8. The molecule has 0 bridgehead atoms. The minimum absolute atomic E-state index is 0.0750. The minimum atomic E-state index is -3.56. The van der Waals surface area contributed by atoms with Crippen LogP contribution in [0.5, 0.6) is 5.75 Å². The van der Waals surface area contributed by atoms with Gasteiger partial charge >= 0.3 is 0 Å². The monoisotopic (exact) mass is 364 g/mol. The summed E-state index contributed by atoms with van der Waals surface area (Å²) in [7, 11) is -1.82. The average molecular weight is 364 g/mol. The number of ether oxygens (including phenoxy) is 2. The topological polar surface area (TPSA) is 86.6 Å². The number of rotatable bonds is 5. The molecule has 8 nitrogen and oxygen atoms in total. The zero-order valence-corrected chi connectivity index (χ0v) is 14.7. The van der Waals surface area contributed by atoms with E-state index in [9.17, 15) is 8.42 Å². The third-order valence-corrected chi connectivity index (χ3v) is 6.54. The van der Waals surface area contributed by atoms with Crippen molar-refractivity contribution in [2.45, 2.75) is 17.0 Å². The van der Waals surface area contributed by atoms with Gasteiger partial charge in [0.2, 0.25) is 0 Å². The predicted octanol–water partition coefficient (Wildman–Crippen LogP) is 0.674. The van der Waals surface area contributed by atoms with Crippen LogP contribution in [0, 0.1) is 5.92 Å². The Balaban J connectivity index is 1.42. The number of hydrogen-bond donors (Lipinski definition) is 0. The first-order chi connectivity index (χ1) is 12.0. The number of pyridine rings is 1. The lowest BCUT2D eigenvalue weighted by atomic mass is 9.83. The van der Waals surface area contributed by atoms with Crippen molar-refractivity contribution in [3.63, 3.8) is 0 Å². The Morgan fingerprint density at radius 2 is 2.28 bits per heavy atom. The van der Waals surface area contributed by atoms with E-state index in [1.807, 2.05) is 12.1 Å². The van der Waals surface area contributed by atoms with Gasteiger partial charge in [0, 0.05) is 45.1 Å². The van der Waals surface area contributed by atoms with Crippen LogP contribution in [0.1, 0.15) is 6.42 Å². The van der Waals surface area contributed by atoms with Crippen molar-refractivity contribution >= 4 is 10.0 Å². The highest BCUT2D eigenvalue weighted by molar-refractivity contribution is 7.89. The van der Waals surface area contributed by atoms with Crippen molar-refractivity contribution < 1.29 is 17.9 Å². The van der Waals surface area contributed by atoms with E-state index < -0.39 is 15.6 Å². The third kappa shape index (κ3) is 2.92. The van der Waals surface area contributed by atoms with Crippen LogP contribution in [0.25, 0.3) is 0 Å². The number of sulfonamides is 1. The van der Waals surface area contributed by atoms with Gasteiger partial charge in [-0.05, 0) is 18.6 Å². The number of nitrogens with zero attached hydrogens (tertiary/aromatic N) is 4. The Morgan fingerprint density at radius 1 is 1.44 bits per heavy atom. The van der Waals surface area contributed by atoms with E-state index in [0.29, 0.717) is 32.1 Å². The zero-order chi connectivity index (χ0) is 17.5. The Morgan fingerprint density at radius 3 is 2.96 bits per heavy atom. The molecule has 1 spiro atoms. The average Bonchev–Trinajstić information content (AvgIpc) is 3.19. The van der Waals surface area contributed by atoms with Crippen LogP contribution in [-0.4, -0.2) is 59.2 Å². The molecule has 1 unspecified atom stereocenters. The van der Waals surface area contributed by atoms with Crippen molar-refractivity contribution in [3.05, 3.63) is 37.1 Å². The quantitative estimate of drug-likeness (QED) is 0.775. The first kappa shape index (κ1) is 16.5. The van der Waals surface area contributed by atoms with E-state index in [1.165, 1.54) is 16.8 Å². The summed E-state index contributed by atoms with van der Waals surface area (Å²) < 4.78 is 40.0. The molecular formula is C16H20N4O4S. The van der Waals surface area contributed by atoms with E-state index >= 15 is 0 Å². The Hall–Kier alpha value is -1.97. The van der Waals surface area contributed by atoms with Crippen molar-refractivity contribution in [1.82, 2.24) is 18.8 Å². The minimum Gasteiger partial charge on any atom is -0.492 e. The SMILES string of the molecule is Cn1cnc(S(=O)(=O)N2CC3(C2)OCCC3COc2cccnc2)c1. The zero-order valence-electron chi connectivity index (χ0n) is 13.9. The maximum Gasteiger partial charge on any atom is 0.262 e. The van der Waals surface area contributed by atoms with Gasteiger partial charge in [-0.2, -0.15) is 4.31 Å². The van der Waals surface area contributed by atoms with Gasteiger partial charge in [0.05, 0.1) is 19.1 Å². The second kappa shape index (κ2) is 6.08. The first-order valence-corrected chi connectivity index (χ1v) is 9.58. The standard InChI is InChI=1S/C16H20N4O4S/c1-19-8-15(18-12-19)25(21,22)20-10-16(11-20)13(4-6-24-16)9-23-14-3-2-5-17-7-14/h2-3,5,7-8,12-13H,4,6,9-11H2,1H3. The van der Waals surface area contributed by atoms with Crippen molar-refractivity contribution in [2.24, 2.45) is 13.0 Å². The van der Waals surface area contributed by atoms with Crippen LogP contribution in [0.4, 0.5) is 0 Å². The highest BCUT2D eigenvalue weighted by Gasteiger charge is 2.57. The van der Waals surface area contributed by atoms with Gasteiger partial charge in [0.25, 0.3) is 10.0 Å². The number of aromatic nitrogens is 3. The van der Waals surface area contributed by atoms with Gasteiger partial charge < -0.3 is 14.0 Å². The Labute approximate surface area is 146 Å². The summed E-state index contributed by atoms with van der Waals surface area (Å²) in [5.41, 5.74) is -0.454. The molecule has 2 saturated heterocycles. The maximum absolute atomic E-state index is 12.6. The van der Waals surface area contributed by atoms with Gasteiger partial charge in [-0.15, -0.1) is 0 Å². The molecule has 25 heavy (non-hydrogen) atoms. The highest BCUT2D eigenvalue weighted by Crippen LogP contribution is 2.42. The summed E-state index contributed by atoms with van der Waals surface area (Å²) >= 11 is 0. The largest absolute Gasteiger partial charge is 0.492 e. The summed E-state index contributed by atoms with van der Waals surface area (Å²) in [6.45, 7) is 1.79. The van der Waals surface area contributed by atoms with Gasteiger partial charge in [-0.3, -0.25) is 4.98 Å². The molecule has 2 aromatic rings. The summed E-state index contributed by atoms with van der Waals surface area (Å²) in [5.74, 6) is 0.865. The van der Waals surface area contributed by atoms with Crippen molar-refractivity contribution in [1.29, 1.82) is 0 Å². The number of hydrogen-bond acceptors (Lipinski definition) is 6. The molecule has 0 amide bonds. The molecule has 0 N–H and O–H groups in total. The van der Waals surface area contributed by atoms with Crippen molar-refractivity contribution in [2.75, 3.05) is 26.3 Å². The van der Waals surface area contributed by atoms with E-state index in [1.54, 1.807) is 24.0 Å². The molecule has 1 atom stereocenters. The molecule has 134 valence electrons. The van der Waals surface area contributed by atoms with E-state index in [0.717, 1.165) is 6.42 Å². The van der Waals surface area contributed by atoms with Crippen LogP contribution in [0.15, 0.2) is 42.1 Å². The molecule has 0 radical (unpaired) electrons. The van der Waals surface area contributed by atoms with Crippen molar-refractivity contribution in [3.8, 4) is 5.75 Å². The predicted molar refractivity (Wildman–Crippen MR) is 88.5 cm³/mol. The molecule has 0 saturated carbocycles. The highest BCUT2D eigenvalue weighted by atomic mass is 32.2. The fraction of sp³-hybridized carbons (Fsp3) is 0.500. The molecule has 0 aliphatic carbocycles. The lowest BCUT2D eigenvalue weighted by Gasteiger charge is -2.48. The molecular weight excluding hydrogens is 344 g/mol. The van der Waals surface area contributed by atoms with Crippen LogP contribution >= 0.6 is 0 Å². The fourth-order valence-corrected chi connectivity index (χ4v) is 4.90. The van der Waals surface area contributed by atoms with Crippen LogP contribution in [0.3, 0.4) is 0 Å². The number of imidazole rings is 1. The molecule has 0 aromatic carbocycles. The molecule has 4 rings (SSSR count). The van der Waals surface area contributed by atoms with Gasteiger partial charge in [-0.25, -0.2) is 13.4 Å². The summed E-state index contributed by atoms with van der Waals surface area (Å²) in [6, 6.07) is 3.68. The van der Waals surface area contributed by atoms with Gasteiger partial charge in [0.1, 0.15) is 11.4 Å². The Bertz CT molecular complexity index is 846. The molecule has 2 fully saturated rings. The summed E-state index contributed by atoms with van der Waals surface area (Å²) in [5, 5.41) is 0.0750. The molecule has 2 aliphatic heterocycles. The molecule has 9 heteroatoms. The van der Waals surface area contributed by atoms with E-state index in [4.69, 9.17) is 9.47 Å². The van der Waals surface area contributed by atoms with Crippen LogP contribution in [0.2, 0.25) is 0 Å². The smallest absolute Gasteiger partial charge is 0.262 e. The van der Waals surface area contributed by atoms with E-state index in [2.05, 4.69) is 9.97 Å². The second-order valence-corrected chi connectivity index (χ2v) is 8.43. The maximum atomic E-state index is 12.6. The van der Waals surface area contributed by atoms with Gasteiger partial charge in [-0.1, -0.05) is 0 Å². The van der Waals surface area contributed by atoms with Crippen LogP contribution < -0.4 is 4.74 Å². The van der Waals surface area contributed by atoms with Crippen LogP contribution in [-0.2, 0) is 21.8 Å². The lowest BCUT2D eigenvalue weighted by Crippen LogP contribution is -2.66. The molecule has 2 aromatic heterocycles. The Kier molecular flexibility index (Phi) is 4.01. The summed E-state index contributed by atoms with van der Waals surface area (Å²) in [4.78, 5) is 7.99.